The van der Waals surface area contributed by atoms with Crippen molar-refractivity contribution < 1.29 is 9.53 Å². The molecule has 32 heavy (non-hydrogen) atoms. The average molecular weight is 487 g/mol. The van der Waals surface area contributed by atoms with Gasteiger partial charge in [0.15, 0.2) is 0 Å². The van der Waals surface area contributed by atoms with E-state index in [1.165, 1.54) is 27.8 Å². The van der Waals surface area contributed by atoms with Gasteiger partial charge in [0.25, 0.3) is 0 Å². The van der Waals surface area contributed by atoms with Gasteiger partial charge in [-0.15, -0.1) is 0 Å². The zero-order valence-electron chi connectivity index (χ0n) is 17.6. The summed E-state index contributed by atoms with van der Waals surface area (Å²) >= 11 is 3.57. The second-order valence-electron chi connectivity index (χ2n) is 8.75. The maximum Gasteiger partial charge on any atom is 0.410 e. The first kappa shape index (κ1) is 19.7. The van der Waals surface area contributed by atoms with Crippen LogP contribution in [0.1, 0.15) is 41.9 Å². The smallest absolute Gasteiger partial charge is 0.410 e. The molecule has 0 spiro atoms. The fraction of sp³-hybridized carbons (Fsp3) is 0.259. The fourth-order valence-electron chi connectivity index (χ4n) is 5.61. The minimum atomic E-state index is -0.195. The third kappa shape index (κ3) is 3.18. The van der Waals surface area contributed by atoms with Crippen LogP contribution in [-0.2, 0) is 4.74 Å². The van der Waals surface area contributed by atoms with E-state index in [0.29, 0.717) is 6.61 Å². The number of benzene rings is 2. The van der Waals surface area contributed by atoms with Crippen molar-refractivity contribution in [3.8, 4) is 11.1 Å². The summed E-state index contributed by atoms with van der Waals surface area (Å²) in [7, 11) is 0. The lowest BCUT2D eigenvalue weighted by Crippen LogP contribution is -2.43. The van der Waals surface area contributed by atoms with Crippen molar-refractivity contribution in [3.05, 3.63) is 94.2 Å². The van der Waals surface area contributed by atoms with Gasteiger partial charge in [0.05, 0.1) is 6.04 Å². The first-order chi connectivity index (χ1) is 15.7. The molecule has 1 aromatic heterocycles. The van der Waals surface area contributed by atoms with E-state index in [9.17, 15) is 4.79 Å². The highest BCUT2D eigenvalue weighted by molar-refractivity contribution is 9.10. The molecule has 0 N–H and O–H groups in total. The van der Waals surface area contributed by atoms with Crippen LogP contribution in [0.3, 0.4) is 0 Å². The predicted octanol–water partition coefficient (Wildman–Crippen LogP) is 6.41. The van der Waals surface area contributed by atoms with Crippen molar-refractivity contribution in [3.63, 3.8) is 0 Å². The topological polar surface area (TPSA) is 42.4 Å². The number of ether oxygens (including phenoxy) is 1. The SMILES string of the molecule is O=C(OCC1c2ccccc2-c2ccccc21)N1C2C=C(c3cccnc3Br)CC1CC2. The van der Waals surface area contributed by atoms with Crippen molar-refractivity contribution in [1.29, 1.82) is 0 Å². The summed E-state index contributed by atoms with van der Waals surface area (Å²) in [6.07, 6.45) is 6.65. The quantitative estimate of drug-likeness (QED) is 0.401. The van der Waals surface area contributed by atoms with Crippen LogP contribution in [0.15, 0.2) is 77.5 Å². The van der Waals surface area contributed by atoms with Gasteiger partial charge in [0.1, 0.15) is 11.2 Å². The first-order valence-corrected chi connectivity index (χ1v) is 11.9. The number of aromatic nitrogens is 1. The molecule has 5 heteroatoms. The molecular formula is C27H23BrN2O2. The molecular weight excluding hydrogens is 464 g/mol. The summed E-state index contributed by atoms with van der Waals surface area (Å²) in [6.45, 7) is 0.369. The molecule has 2 unspecified atom stereocenters. The van der Waals surface area contributed by atoms with Crippen LogP contribution >= 0.6 is 15.9 Å². The van der Waals surface area contributed by atoms with Crippen LogP contribution in [0.4, 0.5) is 4.79 Å². The number of halogens is 1. The summed E-state index contributed by atoms with van der Waals surface area (Å²) in [4.78, 5) is 19.5. The highest BCUT2D eigenvalue weighted by Crippen LogP contribution is 2.45. The van der Waals surface area contributed by atoms with E-state index in [0.717, 1.165) is 29.4 Å². The molecule has 2 bridgehead atoms. The zero-order valence-corrected chi connectivity index (χ0v) is 19.2. The number of carbonyl (C=O) groups is 1. The summed E-state index contributed by atoms with van der Waals surface area (Å²) in [6, 6.07) is 21.2. The predicted molar refractivity (Wildman–Crippen MR) is 128 cm³/mol. The number of carbonyl (C=O) groups excluding carboxylic acids is 1. The minimum absolute atomic E-state index is 0.0891. The van der Waals surface area contributed by atoms with Crippen molar-refractivity contribution in [2.24, 2.45) is 0 Å². The van der Waals surface area contributed by atoms with E-state index in [1.807, 2.05) is 11.0 Å². The lowest BCUT2D eigenvalue weighted by molar-refractivity contribution is 0.0866. The highest BCUT2D eigenvalue weighted by atomic mass is 79.9. The summed E-state index contributed by atoms with van der Waals surface area (Å²) in [5, 5.41) is 0. The summed E-state index contributed by atoms with van der Waals surface area (Å²) in [5.41, 5.74) is 7.36. The maximum absolute atomic E-state index is 13.2. The molecule has 2 aromatic carbocycles. The Morgan fingerprint density at radius 2 is 1.66 bits per heavy atom. The molecule has 2 aliphatic heterocycles. The van der Waals surface area contributed by atoms with Gasteiger partial charge < -0.3 is 4.74 Å². The van der Waals surface area contributed by atoms with E-state index in [-0.39, 0.29) is 24.1 Å². The van der Waals surface area contributed by atoms with Gasteiger partial charge in [-0.1, -0.05) is 60.7 Å². The molecule has 3 heterocycles. The largest absolute Gasteiger partial charge is 0.448 e. The number of nitrogens with zero attached hydrogens (tertiary/aromatic N) is 2. The number of pyridine rings is 1. The Labute approximate surface area is 196 Å². The van der Waals surface area contributed by atoms with Crippen LogP contribution < -0.4 is 0 Å². The van der Waals surface area contributed by atoms with E-state index in [1.54, 1.807) is 6.20 Å². The van der Waals surface area contributed by atoms with Gasteiger partial charge in [-0.3, -0.25) is 4.90 Å². The molecule has 160 valence electrons. The van der Waals surface area contributed by atoms with E-state index >= 15 is 0 Å². The third-order valence-electron chi connectivity index (χ3n) is 7.05. The van der Waals surface area contributed by atoms with Crippen LogP contribution in [0.5, 0.6) is 0 Å². The Bertz CT molecular complexity index is 1190. The Balaban J connectivity index is 1.21. The van der Waals surface area contributed by atoms with Crippen molar-refractivity contribution >= 4 is 27.6 Å². The van der Waals surface area contributed by atoms with Gasteiger partial charge in [-0.25, -0.2) is 9.78 Å². The van der Waals surface area contributed by atoms with Crippen molar-refractivity contribution in [2.75, 3.05) is 6.61 Å². The molecule has 1 amide bonds. The molecule has 3 aliphatic rings. The minimum Gasteiger partial charge on any atom is -0.448 e. The Morgan fingerprint density at radius 1 is 0.969 bits per heavy atom. The number of hydrogen-bond donors (Lipinski definition) is 0. The number of fused-ring (bicyclic) bond motifs is 5. The number of rotatable bonds is 3. The molecule has 1 aliphatic carbocycles. The first-order valence-electron chi connectivity index (χ1n) is 11.2. The molecule has 1 saturated heterocycles. The average Bonchev–Trinajstić information content (AvgIpc) is 3.29. The van der Waals surface area contributed by atoms with Crippen molar-refractivity contribution in [1.82, 2.24) is 9.88 Å². The fourth-order valence-corrected chi connectivity index (χ4v) is 6.11. The van der Waals surface area contributed by atoms with E-state index < -0.39 is 0 Å². The Hall–Kier alpha value is -2.92. The molecule has 1 fully saturated rings. The van der Waals surface area contributed by atoms with E-state index in [4.69, 9.17) is 4.74 Å². The van der Waals surface area contributed by atoms with Gasteiger partial charge >= 0.3 is 6.09 Å². The van der Waals surface area contributed by atoms with Crippen LogP contribution in [0.25, 0.3) is 16.7 Å². The van der Waals surface area contributed by atoms with Gasteiger partial charge in [-0.2, -0.15) is 0 Å². The zero-order chi connectivity index (χ0) is 21.7. The molecule has 0 radical (unpaired) electrons. The van der Waals surface area contributed by atoms with Crippen LogP contribution in [-0.4, -0.2) is 34.7 Å². The molecule has 6 rings (SSSR count). The summed E-state index contributed by atoms with van der Waals surface area (Å²) < 4.78 is 6.82. The lowest BCUT2D eigenvalue weighted by atomic mass is 9.96. The molecule has 0 saturated carbocycles. The normalized spacial score (nSPS) is 21.2. The van der Waals surface area contributed by atoms with Gasteiger partial charge in [0.2, 0.25) is 0 Å². The van der Waals surface area contributed by atoms with Gasteiger partial charge in [-0.05, 0) is 69.1 Å². The molecule has 3 aromatic rings. The standard InChI is InChI=1S/C27H23BrN2O2/c28-26-20(10-5-13-29-26)17-14-18-11-12-19(15-17)30(18)27(31)32-16-25-23-8-3-1-6-21(23)22-7-2-4-9-24(22)25/h1-10,13-14,18-19,25H,11-12,15-16H2. The summed E-state index contributed by atoms with van der Waals surface area (Å²) in [5.74, 6) is 0.0891. The Kier molecular flexibility index (Phi) is 4.87. The lowest BCUT2D eigenvalue weighted by Gasteiger charge is -2.33. The molecule has 2 atom stereocenters. The van der Waals surface area contributed by atoms with Crippen molar-refractivity contribution in [2.45, 2.75) is 37.3 Å². The van der Waals surface area contributed by atoms with Crippen LogP contribution in [0.2, 0.25) is 0 Å². The highest BCUT2D eigenvalue weighted by Gasteiger charge is 2.41. The Morgan fingerprint density at radius 3 is 2.34 bits per heavy atom. The monoisotopic (exact) mass is 486 g/mol. The third-order valence-corrected chi connectivity index (χ3v) is 7.68. The number of hydrogen-bond acceptors (Lipinski definition) is 3. The number of amides is 1. The second kappa shape index (κ2) is 7.89. The maximum atomic E-state index is 13.2. The van der Waals surface area contributed by atoms with Crippen LogP contribution in [0, 0.1) is 0 Å². The van der Waals surface area contributed by atoms with Gasteiger partial charge in [0, 0.05) is 23.7 Å². The van der Waals surface area contributed by atoms with E-state index in [2.05, 4.69) is 81.6 Å². The second-order valence-corrected chi connectivity index (χ2v) is 9.50. The molecule has 4 nitrogen and oxygen atoms in total.